The molecule has 0 radical (unpaired) electrons. The van der Waals surface area contributed by atoms with E-state index in [2.05, 4.69) is 25.6 Å². The fourth-order valence-corrected chi connectivity index (χ4v) is 3.67. The largest absolute Gasteiger partial charge is 0.447 e. The van der Waals surface area contributed by atoms with Crippen LogP contribution >= 0.6 is 0 Å². The fourth-order valence-electron chi connectivity index (χ4n) is 3.67. The van der Waals surface area contributed by atoms with Crippen LogP contribution in [0.15, 0.2) is 47.4 Å². The third-order valence-electron chi connectivity index (χ3n) is 5.13. The smallest absolute Gasteiger partial charge is 0.331 e. The standard InChI is InChI=1S/C19H18N6O3/c1-25(24-19(26)16-7-15-17(28-16)9-20-11-21-15)5-6-27-18(10-25)12-3-2-4-14-13(12)8-22-23-14/h2-4,7-9,11,18H,5-6,10H2,1H3,(H-,22,23,24,26)/p+1. The molecule has 0 aliphatic carbocycles. The molecule has 9 nitrogen and oxygen atoms in total. The molecule has 1 aliphatic rings. The second kappa shape index (κ2) is 6.39. The molecule has 1 aliphatic heterocycles. The van der Waals surface area contributed by atoms with Gasteiger partial charge >= 0.3 is 5.91 Å². The van der Waals surface area contributed by atoms with Gasteiger partial charge in [0.25, 0.3) is 0 Å². The molecule has 2 N–H and O–H groups in total. The molecule has 0 saturated carbocycles. The van der Waals surface area contributed by atoms with Crippen LogP contribution in [0.1, 0.15) is 22.2 Å². The Hall–Kier alpha value is -3.30. The lowest BCUT2D eigenvalue weighted by Gasteiger charge is -2.40. The van der Waals surface area contributed by atoms with Gasteiger partial charge < -0.3 is 9.15 Å². The molecule has 1 aromatic carbocycles. The summed E-state index contributed by atoms with van der Waals surface area (Å²) >= 11 is 0. The Bertz CT molecular complexity index is 1140. The van der Waals surface area contributed by atoms with Crippen molar-refractivity contribution in [3.8, 4) is 0 Å². The summed E-state index contributed by atoms with van der Waals surface area (Å²) in [5.41, 5.74) is 6.19. The lowest BCUT2D eigenvalue weighted by molar-refractivity contribution is -0.953. The second-order valence-corrected chi connectivity index (χ2v) is 7.16. The van der Waals surface area contributed by atoms with Crippen molar-refractivity contribution in [3.05, 3.63) is 54.3 Å². The van der Waals surface area contributed by atoms with Gasteiger partial charge in [0.15, 0.2) is 11.3 Å². The molecule has 5 rings (SSSR count). The normalized spacial score (nSPS) is 22.5. The maximum atomic E-state index is 12.8. The number of rotatable bonds is 3. The number of nitrogens with one attached hydrogen (secondary N) is 2. The van der Waals surface area contributed by atoms with Gasteiger partial charge in [-0.3, -0.25) is 9.89 Å². The number of furan rings is 1. The Labute approximate surface area is 159 Å². The number of hydrogen-bond acceptors (Lipinski definition) is 6. The van der Waals surface area contributed by atoms with Crippen LogP contribution in [0, 0.1) is 0 Å². The highest BCUT2D eigenvalue weighted by molar-refractivity contribution is 5.94. The SMILES string of the molecule is C[N+]1(NC(=O)c2cc3ncncc3o2)CCOC(c2cccc3[nH]ncc23)C1. The molecule has 0 bridgehead atoms. The summed E-state index contributed by atoms with van der Waals surface area (Å²) in [6, 6.07) is 7.63. The topological polar surface area (TPSA) is 106 Å². The number of ether oxygens (including phenoxy) is 1. The zero-order chi connectivity index (χ0) is 19.1. The minimum atomic E-state index is -0.289. The van der Waals surface area contributed by atoms with Crippen LogP contribution in [-0.2, 0) is 4.74 Å². The van der Waals surface area contributed by atoms with E-state index in [1.165, 1.54) is 6.33 Å². The van der Waals surface area contributed by atoms with E-state index < -0.39 is 0 Å². The predicted molar refractivity (Wildman–Crippen MR) is 100.0 cm³/mol. The molecule has 2 unspecified atom stereocenters. The van der Waals surface area contributed by atoms with E-state index in [9.17, 15) is 4.79 Å². The van der Waals surface area contributed by atoms with E-state index in [-0.39, 0.29) is 17.8 Å². The van der Waals surface area contributed by atoms with Gasteiger partial charge in [0.1, 0.15) is 31.0 Å². The molecule has 3 aromatic heterocycles. The Morgan fingerprint density at radius 1 is 1.36 bits per heavy atom. The minimum absolute atomic E-state index is 0.151. The van der Waals surface area contributed by atoms with E-state index in [4.69, 9.17) is 9.15 Å². The van der Waals surface area contributed by atoms with Crippen LogP contribution in [0.25, 0.3) is 22.0 Å². The number of nitrogens with zero attached hydrogens (tertiary/aromatic N) is 4. The van der Waals surface area contributed by atoms with Crippen LogP contribution in [-0.4, -0.2) is 57.4 Å². The van der Waals surface area contributed by atoms with Gasteiger partial charge in [-0.1, -0.05) is 12.1 Å². The number of amides is 1. The van der Waals surface area contributed by atoms with Crippen LogP contribution < -0.4 is 5.43 Å². The number of fused-ring (bicyclic) bond motifs is 2. The first-order valence-electron chi connectivity index (χ1n) is 9.02. The van der Waals surface area contributed by atoms with Crippen molar-refractivity contribution in [1.82, 2.24) is 25.6 Å². The van der Waals surface area contributed by atoms with Gasteiger partial charge in [0.05, 0.1) is 31.6 Å². The van der Waals surface area contributed by atoms with E-state index in [0.717, 1.165) is 16.5 Å². The lowest BCUT2D eigenvalue weighted by Crippen LogP contribution is -2.62. The summed E-state index contributed by atoms with van der Waals surface area (Å²) in [5.74, 6) is -0.0718. The Morgan fingerprint density at radius 2 is 2.29 bits per heavy atom. The van der Waals surface area contributed by atoms with Crippen molar-refractivity contribution < 1.29 is 18.5 Å². The first-order valence-corrected chi connectivity index (χ1v) is 9.02. The summed E-state index contributed by atoms with van der Waals surface area (Å²) in [7, 11) is 1.98. The summed E-state index contributed by atoms with van der Waals surface area (Å²) < 4.78 is 11.9. The summed E-state index contributed by atoms with van der Waals surface area (Å²) in [5, 5.41) is 8.14. The maximum Gasteiger partial charge on any atom is 0.331 e. The number of likely N-dealkylation sites (N-methyl/N-ethyl adjacent to an activating group) is 1. The molecule has 4 heterocycles. The molecular formula is C19H19N6O3+. The minimum Gasteiger partial charge on any atom is -0.447 e. The van der Waals surface area contributed by atoms with Crippen LogP contribution in [0.2, 0.25) is 0 Å². The third kappa shape index (κ3) is 2.90. The highest BCUT2D eigenvalue weighted by Crippen LogP contribution is 2.30. The number of quaternary nitrogens is 1. The van der Waals surface area contributed by atoms with Crippen molar-refractivity contribution >= 4 is 27.9 Å². The molecular weight excluding hydrogens is 360 g/mol. The molecule has 28 heavy (non-hydrogen) atoms. The van der Waals surface area contributed by atoms with Gasteiger partial charge in [0, 0.05) is 11.5 Å². The number of aromatic amines is 1. The average molecular weight is 379 g/mol. The molecule has 142 valence electrons. The van der Waals surface area contributed by atoms with E-state index >= 15 is 0 Å². The monoisotopic (exact) mass is 379 g/mol. The van der Waals surface area contributed by atoms with Crippen molar-refractivity contribution in [2.45, 2.75) is 6.10 Å². The first kappa shape index (κ1) is 16.8. The van der Waals surface area contributed by atoms with Crippen molar-refractivity contribution in [3.63, 3.8) is 0 Å². The molecule has 9 heteroatoms. The number of H-pyrrole nitrogens is 1. The number of benzene rings is 1. The Kier molecular flexibility index (Phi) is 3.85. The molecule has 2 atom stereocenters. The zero-order valence-corrected chi connectivity index (χ0v) is 15.3. The zero-order valence-electron chi connectivity index (χ0n) is 15.3. The van der Waals surface area contributed by atoms with Crippen molar-refractivity contribution in [2.75, 3.05) is 26.7 Å². The van der Waals surface area contributed by atoms with Gasteiger partial charge in [-0.25, -0.2) is 14.6 Å². The lowest BCUT2D eigenvalue weighted by atomic mass is 10.0. The van der Waals surface area contributed by atoms with Gasteiger partial charge in [-0.05, 0) is 11.6 Å². The third-order valence-corrected chi connectivity index (χ3v) is 5.13. The molecule has 0 spiro atoms. The fraction of sp³-hybridized carbons (Fsp3) is 0.263. The molecule has 1 amide bonds. The van der Waals surface area contributed by atoms with Crippen LogP contribution in [0.3, 0.4) is 0 Å². The highest BCUT2D eigenvalue weighted by atomic mass is 16.5. The Morgan fingerprint density at radius 3 is 3.18 bits per heavy atom. The number of carbonyl (C=O) groups is 1. The van der Waals surface area contributed by atoms with E-state index in [1.807, 2.05) is 25.2 Å². The number of carbonyl (C=O) groups excluding carboxylic acids is 1. The van der Waals surface area contributed by atoms with Gasteiger partial charge in [-0.15, -0.1) is 0 Å². The number of morpholine rings is 1. The maximum absolute atomic E-state index is 12.8. The predicted octanol–water partition coefficient (Wildman–Crippen LogP) is 1.96. The quantitative estimate of drug-likeness (QED) is 0.527. The van der Waals surface area contributed by atoms with E-state index in [0.29, 0.717) is 35.4 Å². The van der Waals surface area contributed by atoms with Crippen LogP contribution in [0.4, 0.5) is 0 Å². The van der Waals surface area contributed by atoms with Crippen molar-refractivity contribution in [1.29, 1.82) is 0 Å². The Balaban J connectivity index is 1.38. The first-order chi connectivity index (χ1) is 13.6. The second-order valence-electron chi connectivity index (χ2n) is 7.16. The van der Waals surface area contributed by atoms with Gasteiger partial charge in [-0.2, -0.15) is 10.5 Å². The summed E-state index contributed by atoms with van der Waals surface area (Å²) in [4.78, 5) is 20.8. The highest BCUT2D eigenvalue weighted by Gasteiger charge is 2.36. The summed E-state index contributed by atoms with van der Waals surface area (Å²) in [6.07, 6.45) is 4.63. The molecule has 1 fully saturated rings. The van der Waals surface area contributed by atoms with Crippen molar-refractivity contribution in [2.24, 2.45) is 0 Å². The summed E-state index contributed by atoms with van der Waals surface area (Å²) in [6.45, 7) is 1.78. The van der Waals surface area contributed by atoms with Crippen LogP contribution in [0.5, 0.6) is 0 Å². The van der Waals surface area contributed by atoms with E-state index in [1.54, 1.807) is 18.5 Å². The van der Waals surface area contributed by atoms with Gasteiger partial charge in [0.2, 0.25) is 0 Å². The molecule has 1 saturated heterocycles. The average Bonchev–Trinajstić information content (AvgIpc) is 3.34. The number of hydrogen-bond donors (Lipinski definition) is 2. The number of aromatic nitrogens is 4. The molecule has 4 aromatic rings.